The molecule has 0 heterocycles. The monoisotopic (exact) mass is 849 g/mol. The first kappa shape index (κ1) is 40.9. The van der Waals surface area contributed by atoms with Crippen molar-refractivity contribution in [1.82, 2.24) is 0 Å². The number of hydrogen-bond donors (Lipinski definition) is 2. The Bertz CT molecular complexity index is 2830. The lowest BCUT2D eigenvalue weighted by Gasteiger charge is -2.22. The molecule has 0 amide bonds. The third-order valence-electron chi connectivity index (χ3n) is 9.43. The van der Waals surface area contributed by atoms with Gasteiger partial charge in [-0.2, -0.15) is 52.7 Å². The molecule has 0 aliphatic rings. The molecule has 0 aliphatic heterocycles. The summed E-state index contributed by atoms with van der Waals surface area (Å²) in [4.78, 5) is -1.39. The maximum Gasteiger partial charge on any atom is 0.416 e. The summed E-state index contributed by atoms with van der Waals surface area (Å²) in [6.45, 7) is 0. The minimum Gasteiger partial charge on any atom is -0.507 e. The molecule has 59 heavy (non-hydrogen) atoms. The van der Waals surface area contributed by atoms with Crippen LogP contribution in [0.15, 0.2) is 132 Å². The van der Waals surface area contributed by atoms with Gasteiger partial charge in [0.15, 0.2) is 0 Å². The fourth-order valence-corrected chi connectivity index (χ4v) is 7.93. The van der Waals surface area contributed by atoms with Crippen LogP contribution in [0.2, 0.25) is 0 Å². The Balaban J connectivity index is 1.50. The van der Waals surface area contributed by atoms with Gasteiger partial charge in [0.25, 0.3) is 10.0 Å². The van der Waals surface area contributed by atoms with E-state index in [0.29, 0.717) is 22.9 Å². The molecule has 7 aromatic rings. The van der Waals surface area contributed by atoms with Crippen LogP contribution in [-0.4, -0.2) is 13.5 Å². The largest absolute Gasteiger partial charge is 0.507 e. The van der Waals surface area contributed by atoms with Crippen molar-refractivity contribution in [3.63, 3.8) is 0 Å². The fraction of sp³-hybridized carbons (Fsp3) is 0.0952. The number of para-hydroxylation sites is 1. The molecule has 4 nitrogen and oxygen atoms in total. The summed E-state index contributed by atoms with van der Waals surface area (Å²) < 4.78 is 196. The minimum absolute atomic E-state index is 0.0197. The van der Waals surface area contributed by atoms with Crippen LogP contribution in [0.25, 0.3) is 54.9 Å². The number of halogens is 12. The average molecular weight is 850 g/mol. The Labute approximate surface area is 326 Å². The summed E-state index contributed by atoms with van der Waals surface area (Å²) in [5.74, 6) is -0.658. The molecule has 7 rings (SSSR count). The number of phenols is 1. The molecule has 0 saturated heterocycles. The number of benzene rings is 7. The van der Waals surface area contributed by atoms with E-state index in [-0.39, 0.29) is 62.9 Å². The van der Waals surface area contributed by atoms with Gasteiger partial charge in [-0.1, -0.05) is 78.9 Å². The highest BCUT2D eigenvalue weighted by Gasteiger charge is 2.39. The van der Waals surface area contributed by atoms with Crippen LogP contribution in [0.4, 0.5) is 58.4 Å². The molecule has 7 aromatic carbocycles. The van der Waals surface area contributed by atoms with E-state index in [2.05, 4.69) is 0 Å². The highest BCUT2D eigenvalue weighted by atomic mass is 32.2. The number of aromatic hydroxyl groups is 1. The Kier molecular flexibility index (Phi) is 9.89. The van der Waals surface area contributed by atoms with Crippen molar-refractivity contribution < 1.29 is 66.2 Å². The van der Waals surface area contributed by atoms with Crippen LogP contribution in [0.3, 0.4) is 0 Å². The summed E-state index contributed by atoms with van der Waals surface area (Å²) >= 11 is 0. The Hall–Kier alpha value is -6.23. The molecule has 0 spiro atoms. The normalized spacial score (nSPS) is 12.9. The van der Waals surface area contributed by atoms with Crippen LogP contribution in [0.1, 0.15) is 22.3 Å². The van der Waals surface area contributed by atoms with Gasteiger partial charge < -0.3 is 5.11 Å². The van der Waals surface area contributed by atoms with Crippen LogP contribution in [-0.2, 0) is 34.7 Å². The fourth-order valence-electron chi connectivity index (χ4n) is 6.78. The summed E-state index contributed by atoms with van der Waals surface area (Å²) in [6.07, 6.45) is -21.2. The van der Waals surface area contributed by atoms with E-state index in [9.17, 15) is 66.2 Å². The number of alkyl halides is 12. The van der Waals surface area contributed by atoms with E-state index in [1.807, 2.05) is 4.72 Å². The molecule has 0 fully saturated rings. The van der Waals surface area contributed by atoms with E-state index in [4.69, 9.17) is 0 Å². The molecule has 0 aliphatic carbocycles. The quantitative estimate of drug-likeness (QED) is 0.164. The van der Waals surface area contributed by atoms with Crippen LogP contribution >= 0.6 is 0 Å². The van der Waals surface area contributed by atoms with Crippen molar-refractivity contribution in [3.05, 3.63) is 150 Å². The number of rotatable bonds is 6. The van der Waals surface area contributed by atoms with Gasteiger partial charge in [0.2, 0.25) is 0 Å². The summed E-state index contributed by atoms with van der Waals surface area (Å²) in [5, 5.41) is 13.6. The lowest BCUT2D eigenvalue weighted by atomic mass is 9.84. The highest BCUT2D eigenvalue weighted by Crippen LogP contribution is 2.51. The molecule has 0 atom stereocenters. The average Bonchev–Trinajstić information content (AvgIpc) is 3.16. The van der Waals surface area contributed by atoms with Gasteiger partial charge in [0.1, 0.15) is 5.75 Å². The first-order valence-electron chi connectivity index (χ1n) is 16.9. The zero-order valence-electron chi connectivity index (χ0n) is 29.3. The van der Waals surface area contributed by atoms with E-state index < -0.39 is 78.9 Å². The zero-order chi connectivity index (χ0) is 42.9. The van der Waals surface area contributed by atoms with Gasteiger partial charge in [-0.3, -0.25) is 4.72 Å². The van der Waals surface area contributed by atoms with E-state index >= 15 is 0 Å². The van der Waals surface area contributed by atoms with Crippen LogP contribution < -0.4 is 4.72 Å². The van der Waals surface area contributed by atoms with Gasteiger partial charge >= 0.3 is 24.7 Å². The summed E-state index contributed by atoms with van der Waals surface area (Å²) in [6, 6.07) is 22.5. The van der Waals surface area contributed by atoms with Crippen molar-refractivity contribution >= 4 is 37.3 Å². The second-order valence-corrected chi connectivity index (χ2v) is 14.9. The van der Waals surface area contributed by atoms with Crippen LogP contribution in [0.5, 0.6) is 5.75 Å². The topological polar surface area (TPSA) is 66.4 Å². The maximum atomic E-state index is 14.1. The number of anilines is 1. The number of fused-ring (bicyclic) bond motifs is 2. The molecule has 0 saturated carbocycles. The zero-order valence-corrected chi connectivity index (χ0v) is 30.1. The maximum absolute atomic E-state index is 14.1. The second-order valence-electron chi connectivity index (χ2n) is 13.3. The summed E-state index contributed by atoms with van der Waals surface area (Å²) in [7, 11) is -5.25. The number of phenolic OH excluding ortho intramolecular Hbond substituents is 1. The van der Waals surface area contributed by atoms with Crippen molar-refractivity contribution in [1.29, 1.82) is 0 Å². The number of hydrogen-bond acceptors (Lipinski definition) is 3. The molecular formula is C42H23F12NO3S. The van der Waals surface area contributed by atoms with E-state index in [1.165, 1.54) is 48.5 Å². The van der Waals surface area contributed by atoms with Crippen molar-refractivity contribution in [3.8, 4) is 39.1 Å². The molecule has 0 bridgehead atoms. The van der Waals surface area contributed by atoms with Crippen molar-refractivity contribution in [2.45, 2.75) is 29.6 Å². The Morgan fingerprint density at radius 3 is 1.44 bits per heavy atom. The third-order valence-corrected chi connectivity index (χ3v) is 10.8. The molecular weight excluding hydrogens is 827 g/mol. The SMILES string of the molecule is O=S(=O)(Nc1ccccc1-c1cc2ccccc2c(-c2c(-c3cc(C(F)(F)F)cc(C(F)(F)F)c3)ccc3ccccc23)c1O)c1cc(C(F)(F)F)cc(C(F)(F)F)c1. The lowest BCUT2D eigenvalue weighted by Crippen LogP contribution is -2.17. The Morgan fingerprint density at radius 2 is 0.898 bits per heavy atom. The smallest absolute Gasteiger partial charge is 0.416 e. The molecule has 304 valence electrons. The van der Waals surface area contributed by atoms with Crippen molar-refractivity contribution in [2.24, 2.45) is 0 Å². The predicted octanol–water partition coefficient (Wildman–Crippen LogP) is 13.6. The molecule has 0 unspecified atom stereocenters. The van der Waals surface area contributed by atoms with Gasteiger partial charge in [-0.25, -0.2) is 8.42 Å². The number of sulfonamides is 1. The first-order chi connectivity index (χ1) is 27.4. The van der Waals surface area contributed by atoms with Gasteiger partial charge in [-0.05, 0) is 81.2 Å². The predicted molar refractivity (Wildman–Crippen MR) is 197 cm³/mol. The van der Waals surface area contributed by atoms with Crippen molar-refractivity contribution in [2.75, 3.05) is 4.72 Å². The van der Waals surface area contributed by atoms with Gasteiger partial charge in [0, 0.05) is 22.3 Å². The second kappa shape index (κ2) is 14.2. The van der Waals surface area contributed by atoms with Crippen LogP contribution in [0, 0.1) is 0 Å². The van der Waals surface area contributed by atoms with E-state index in [1.54, 1.807) is 36.4 Å². The molecule has 17 heteroatoms. The minimum atomic E-state index is -5.38. The van der Waals surface area contributed by atoms with E-state index in [0.717, 1.165) is 6.07 Å². The third kappa shape index (κ3) is 7.98. The molecule has 2 N–H and O–H groups in total. The summed E-state index contributed by atoms with van der Waals surface area (Å²) in [5.41, 5.74) is -8.60. The highest BCUT2D eigenvalue weighted by molar-refractivity contribution is 7.92. The molecule has 0 radical (unpaired) electrons. The van der Waals surface area contributed by atoms with Gasteiger partial charge in [0.05, 0.1) is 32.8 Å². The number of nitrogens with one attached hydrogen (secondary N) is 1. The lowest BCUT2D eigenvalue weighted by molar-refractivity contribution is -0.144. The standard InChI is InChI=1S/C42H23F12NO3S/c43-39(44,45)25-15-24(16-26(18-25)40(46,47)48)32-14-13-22-7-1-3-9-30(22)36(32)37-31-10-4-2-8-23(31)17-34(38(37)56)33-11-5-6-12-35(33)55-59(57,58)29-20-27(41(49,50)51)19-28(21-29)42(52,53)54/h1-21,55-56H. The molecule has 0 aromatic heterocycles. The van der Waals surface area contributed by atoms with Gasteiger partial charge in [-0.15, -0.1) is 0 Å². The Morgan fingerprint density at radius 1 is 0.441 bits per heavy atom. The first-order valence-corrected chi connectivity index (χ1v) is 18.4.